The lowest BCUT2D eigenvalue weighted by molar-refractivity contribution is -0.258. The summed E-state index contributed by atoms with van der Waals surface area (Å²) >= 11 is 0.788. The van der Waals surface area contributed by atoms with E-state index in [1.54, 1.807) is 18.3 Å². The van der Waals surface area contributed by atoms with Crippen LogP contribution >= 0.6 is 11.3 Å². The molecule has 0 aliphatic heterocycles. The summed E-state index contributed by atoms with van der Waals surface area (Å²) in [6.07, 6.45) is 0.704. The molecule has 0 bridgehead atoms. The predicted octanol–water partition coefficient (Wildman–Crippen LogP) is 5.10. The third-order valence-corrected chi connectivity index (χ3v) is 6.91. The molecule has 1 saturated carbocycles. The number of hydrogen-bond acceptors (Lipinski definition) is 8. The molecule has 4 rings (SSSR count). The first-order valence-corrected chi connectivity index (χ1v) is 11.6. The van der Waals surface area contributed by atoms with Gasteiger partial charge >= 0.3 is 6.18 Å². The minimum absolute atomic E-state index is 0.00819. The van der Waals surface area contributed by atoms with Gasteiger partial charge in [0.25, 0.3) is 0 Å². The Labute approximate surface area is 198 Å². The van der Waals surface area contributed by atoms with E-state index in [1.165, 1.54) is 6.20 Å². The number of aliphatic hydroxyl groups is 2. The Hall–Kier alpha value is -2.76. The average molecular weight is 495 g/mol. The summed E-state index contributed by atoms with van der Waals surface area (Å²) in [4.78, 5) is 12.9. The van der Waals surface area contributed by atoms with Crippen LogP contribution in [-0.4, -0.2) is 43.5 Å². The van der Waals surface area contributed by atoms with E-state index in [-0.39, 0.29) is 12.2 Å². The van der Waals surface area contributed by atoms with Crippen molar-refractivity contribution in [3.05, 3.63) is 47.2 Å². The number of halogens is 3. The van der Waals surface area contributed by atoms with E-state index in [9.17, 15) is 23.4 Å². The molecule has 0 spiro atoms. The van der Waals surface area contributed by atoms with Crippen LogP contribution in [0.4, 0.5) is 24.8 Å². The van der Waals surface area contributed by atoms with Crippen LogP contribution in [0.3, 0.4) is 0 Å². The average Bonchev–Trinajstić information content (AvgIpc) is 3.26. The van der Waals surface area contributed by atoms with Crippen molar-refractivity contribution in [1.29, 1.82) is 0 Å². The van der Waals surface area contributed by atoms with Crippen LogP contribution in [-0.2, 0) is 5.60 Å². The molecule has 7 nitrogen and oxygen atoms in total. The van der Waals surface area contributed by atoms with E-state index in [1.807, 2.05) is 19.1 Å². The fourth-order valence-electron chi connectivity index (χ4n) is 3.68. The first-order valence-electron chi connectivity index (χ1n) is 10.8. The van der Waals surface area contributed by atoms with E-state index in [0.29, 0.717) is 47.7 Å². The topological polar surface area (TPSA) is 100 Å². The lowest BCUT2D eigenvalue weighted by Gasteiger charge is -2.25. The molecule has 182 valence electrons. The molecule has 2 aromatic heterocycles. The Morgan fingerprint density at radius 1 is 1.12 bits per heavy atom. The molecule has 1 fully saturated rings. The monoisotopic (exact) mass is 494 g/mol. The van der Waals surface area contributed by atoms with Crippen molar-refractivity contribution in [2.24, 2.45) is 0 Å². The molecular weight excluding hydrogens is 469 g/mol. The van der Waals surface area contributed by atoms with Gasteiger partial charge in [0.05, 0.1) is 11.0 Å². The van der Waals surface area contributed by atoms with Gasteiger partial charge in [-0.3, -0.25) is 0 Å². The number of aliphatic hydroxyl groups excluding tert-OH is 1. The molecule has 0 amide bonds. The number of anilines is 2. The van der Waals surface area contributed by atoms with Gasteiger partial charge in [0.15, 0.2) is 0 Å². The molecule has 1 atom stereocenters. The number of thiazole rings is 1. The van der Waals surface area contributed by atoms with Gasteiger partial charge in [-0.05, 0) is 62.8 Å². The summed E-state index contributed by atoms with van der Waals surface area (Å²) in [5.41, 5.74) is -0.862. The highest BCUT2D eigenvalue weighted by Gasteiger charge is 2.53. The van der Waals surface area contributed by atoms with E-state index < -0.39 is 16.8 Å². The zero-order valence-corrected chi connectivity index (χ0v) is 19.5. The predicted molar refractivity (Wildman–Crippen MR) is 122 cm³/mol. The highest BCUT2D eigenvalue weighted by Crippen LogP contribution is 2.42. The third-order valence-electron chi connectivity index (χ3n) is 5.65. The quantitative estimate of drug-likeness (QED) is 0.438. The molecule has 1 unspecified atom stereocenters. The number of aromatic nitrogens is 3. The molecule has 2 heterocycles. The van der Waals surface area contributed by atoms with Gasteiger partial charge in [-0.15, -0.1) is 11.3 Å². The highest BCUT2D eigenvalue weighted by molar-refractivity contribution is 7.15. The van der Waals surface area contributed by atoms with Crippen molar-refractivity contribution in [3.63, 3.8) is 0 Å². The number of alkyl halides is 3. The number of ether oxygens (including phenoxy) is 1. The molecule has 3 aromatic rings. The van der Waals surface area contributed by atoms with Gasteiger partial charge in [-0.2, -0.15) is 18.2 Å². The van der Waals surface area contributed by atoms with Crippen LogP contribution in [0.15, 0.2) is 36.7 Å². The maximum atomic E-state index is 13.2. The Bertz CT molecular complexity index is 1140. The summed E-state index contributed by atoms with van der Waals surface area (Å²) in [6.45, 7) is 2.56. The maximum absolute atomic E-state index is 13.2. The van der Waals surface area contributed by atoms with E-state index in [0.717, 1.165) is 29.7 Å². The lowest BCUT2D eigenvalue weighted by Crippen LogP contribution is -2.39. The van der Waals surface area contributed by atoms with Crippen molar-refractivity contribution < 1.29 is 28.1 Å². The first kappa shape index (κ1) is 24.4. The number of nitrogens with one attached hydrogen (secondary N) is 1. The summed E-state index contributed by atoms with van der Waals surface area (Å²) in [5.74, 6) is 0.739. The minimum atomic E-state index is -4.83. The largest absolute Gasteiger partial charge is 0.474 e. The second-order valence-electron chi connectivity index (χ2n) is 8.58. The first-order chi connectivity index (χ1) is 16.0. The lowest BCUT2D eigenvalue weighted by atomic mass is 9.95. The van der Waals surface area contributed by atoms with Crippen LogP contribution in [0.25, 0.3) is 10.4 Å². The van der Waals surface area contributed by atoms with Gasteiger partial charge in [0.1, 0.15) is 11.1 Å². The van der Waals surface area contributed by atoms with Gasteiger partial charge in [-0.1, -0.05) is 6.07 Å². The Kier molecular flexibility index (Phi) is 6.79. The molecule has 34 heavy (non-hydrogen) atoms. The van der Waals surface area contributed by atoms with Crippen molar-refractivity contribution in [1.82, 2.24) is 15.0 Å². The van der Waals surface area contributed by atoms with Gasteiger partial charge in [0.2, 0.25) is 17.4 Å². The molecule has 1 aliphatic rings. The van der Waals surface area contributed by atoms with Gasteiger partial charge < -0.3 is 20.3 Å². The molecule has 11 heteroatoms. The number of hydrogen-bond donors (Lipinski definition) is 3. The smallest absolute Gasteiger partial charge is 0.423 e. The Morgan fingerprint density at radius 3 is 2.56 bits per heavy atom. The molecule has 1 aromatic carbocycles. The van der Waals surface area contributed by atoms with Crippen LogP contribution in [0.5, 0.6) is 5.88 Å². The van der Waals surface area contributed by atoms with Crippen LogP contribution in [0.2, 0.25) is 0 Å². The summed E-state index contributed by atoms with van der Waals surface area (Å²) in [7, 11) is 0. The highest BCUT2D eigenvalue weighted by atomic mass is 32.1. The molecular formula is C23H25F3N4O3S. The van der Waals surface area contributed by atoms with E-state index >= 15 is 0 Å². The molecule has 3 N–H and O–H groups in total. The van der Waals surface area contributed by atoms with Gasteiger partial charge in [0, 0.05) is 24.1 Å². The second kappa shape index (κ2) is 9.47. The standard InChI is InChI=1S/C23H25F3N4O3S/c1-13-9-14(18-12-28-20(34-18)22(2,32)23(24,25)26)11-15(10-13)29-21-27-8-7-19(30-21)33-17-5-3-16(31)4-6-17/h7-12,16-17,31-32H,3-6H2,1-2H3,(H,27,29,30). The fraction of sp³-hybridized carbons (Fsp3) is 0.435. The van der Waals surface area contributed by atoms with Crippen molar-refractivity contribution >= 4 is 23.0 Å². The number of aryl methyl sites for hydroxylation is 1. The number of benzene rings is 1. The summed E-state index contributed by atoms with van der Waals surface area (Å²) in [6, 6.07) is 7.11. The van der Waals surface area contributed by atoms with Crippen LogP contribution in [0.1, 0.15) is 43.2 Å². The van der Waals surface area contributed by atoms with Crippen molar-refractivity contribution in [2.75, 3.05) is 5.32 Å². The van der Waals surface area contributed by atoms with E-state index in [2.05, 4.69) is 20.3 Å². The second-order valence-corrected chi connectivity index (χ2v) is 9.61. The number of rotatable bonds is 6. The molecule has 1 aliphatic carbocycles. The summed E-state index contributed by atoms with van der Waals surface area (Å²) < 4.78 is 45.4. The third kappa shape index (κ3) is 5.48. The molecule has 0 saturated heterocycles. The minimum Gasteiger partial charge on any atom is -0.474 e. The maximum Gasteiger partial charge on any atom is 0.423 e. The van der Waals surface area contributed by atoms with Gasteiger partial charge in [-0.25, -0.2) is 9.97 Å². The summed E-state index contributed by atoms with van der Waals surface area (Å²) in [5, 5.41) is 22.3. The zero-order valence-electron chi connectivity index (χ0n) is 18.6. The SMILES string of the molecule is Cc1cc(Nc2nccc(OC3CCC(O)CC3)n2)cc(-c2cnc(C(C)(O)C(F)(F)F)s2)c1. The van der Waals surface area contributed by atoms with E-state index in [4.69, 9.17) is 4.74 Å². The zero-order chi connectivity index (χ0) is 24.5. The molecule has 0 radical (unpaired) electrons. The van der Waals surface area contributed by atoms with Crippen LogP contribution in [0, 0.1) is 6.92 Å². The van der Waals surface area contributed by atoms with Crippen molar-refractivity contribution in [3.8, 4) is 16.3 Å². The van der Waals surface area contributed by atoms with Crippen molar-refractivity contribution in [2.45, 2.75) is 63.5 Å². The normalized spacial score (nSPS) is 20.6. The van der Waals surface area contributed by atoms with Crippen LogP contribution < -0.4 is 10.1 Å². The Morgan fingerprint density at radius 2 is 1.85 bits per heavy atom. The fourth-order valence-corrected chi connectivity index (χ4v) is 4.65. The Balaban J connectivity index is 1.51. The number of nitrogens with zero attached hydrogens (tertiary/aromatic N) is 3.